The zero-order valence-corrected chi connectivity index (χ0v) is 14.2. The molecule has 0 aliphatic rings. The molecule has 3 aromatic rings. The average Bonchev–Trinajstić information content (AvgIpc) is 2.98. The number of hydrogen-bond acceptors (Lipinski definition) is 6. The van der Waals surface area contributed by atoms with E-state index < -0.39 is 10.0 Å². The zero-order valence-electron chi connectivity index (χ0n) is 12.6. The van der Waals surface area contributed by atoms with Gasteiger partial charge in [0.15, 0.2) is 11.9 Å². The molecule has 3 rings (SSSR count). The number of aldehydes is 1. The van der Waals surface area contributed by atoms with E-state index in [1.165, 1.54) is 30.5 Å². The molecule has 128 valence electrons. The lowest BCUT2D eigenvalue weighted by Gasteiger charge is -2.03. The highest BCUT2D eigenvalue weighted by molar-refractivity contribution is 7.89. The molecule has 1 heterocycles. The maximum Gasteiger partial charge on any atom is 0.238 e. The van der Waals surface area contributed by atoms with Crippen molar-refractivity contribution in [2.45, 2.75) is 4.90 Å². The van der Waals surface area contributed by atoms with Crippen molar-refractivity contribution in [2.24, 2.45) is 5.14 Å². The fourth-order valence-corrected chi connectivity index (χ4v) is 2.75. The van der Waals surface area contributed by atoms with Crippen LogP contribution in [-0.2, 0) is 14.8 Å². The Morgan fingerprint density at radius 1 is 1.20 bits per heavy atom. The molecule has 0 saturated carbocycles. The van der Waals surface area contributed by atoms with Gasteiger partial charge in [0.1, 0.15) is 5.52 Å². The highest BCUT2D eigenvalue weighted by atomic mass is 35.5. The maximum atomic E-state index is 11.3. The van der Waals surface area contributed by atoms with Crippen molar-refractivity contribution in [1.29, 1.82) is 0 Å². The van der Waals surface area contributed by atoms with E-state index in [9.17, 15) is 13.2 Å². The van der Waals surface area contributed by atoms with Gasteiger partial charge in [-0.15, -0.1) is 0 Å². The number of primary sulfonamides is 1. The molecule has 3 N–H and O–H groups in total. The van der Waals surface area contributed by atoms with Gasteiger partial charge in [-0.2, -0.15) is 0 Å². The van der Waals surface area contributed by atoms with E-state index in [0.29, 0.717) is 28.1 Å². The van der Waals surface area contributed by atoms with Crippen molar-refractivity contribution in [2.75, 3.05) is 5.32 Å². The number of nitrogens with two attached hydrogens (primary N) is 1. The van der Waals surface area contributed by atoms with Crippen LogP contribution in [0, 0.1) is 0 Å². The van der Waals surface area contributed by atoms with Crippen molar-refractivity contribution in [3.8, 4) is 0 Å². The number of anilines is 1. The van der Waals surface area contributed by atoms with Crippen LogP contribution in [0.2, 0.25) is 5.02 Å². The number of nitrogens with zero attached hydrogens (tertiary/aromatic N) is 1. The Morgan fingerprint density at radius 3 is 2.56 bits per heavy atom. The topological polar surface area (TPSA) is 115 Å². The quantitative estimate of drug-likeness (QED) is 0.521. The highest BCUT2D eigenvalue weighted by Crippen LogP contribution is 2.23. The predicted molar refractivity (Wildman–Crippen MR) is 94.5 cm³/mol. The van der Waals surface area contributed by atoms with Crippen molar-refractivity contribution >= 4 is 50.3 Å². The van der Waals surface area contributed by atoms with Crippen LogP contribution in [0.25, 0.3) is 16.7 Å². The normalized spacial score (nSPS) is 12.3. The number of sulfonamides is 1. The molecule has 0 amide bonds. The first-order chi connectivity index (χ1) is 11.9. The van der Waals surface area contributed by atoms with E-state index in [-0.39, 0.29) is 16.4 Å². The summed E-state index contributed by atoms with van der Waals surface area (Å²) in [5, 5.41) is 8.42. The Morgan fingerprint density at radius 2 is 1.92 bits per heavy atom. The van der Waals surface area contributed by atoms with Gasteiger partial charge in [0.25, 0.3) is 0 Å². The second kappa shape index (κ2) is 6.67. The van der Waals surface area contributed by atoms with Gasteiger partial charge in [-0.3, -0.25) is 4.79 Å². The Bertz CT molecular complexity index is 1070. The van der Waals surface area contributed by atoms with Gasteiger partial charge in [-0.25, -0.2) is 18.5 Å². The van der Waals surface area contributed by atoms with Gasteiger partial charge in [-0.05, 0) is 42.5 Å². The van der Waals surface area contributed by atoms with Crippen LogP contribution < -0.4 is 10.5 Å². The molecule has 0 spiro atoms. The fraction of sp³-hybridized carbons (Fsp3) is 0. The summed E-state index contributed by atoms with van der Waals surface area (Å²) in [5.74, 6) is 0.140. The number of aromatic nitrogens is 1. The molecule has 2 aromatic carbocycles. The van der Waals surface area contributed by atoms with Crippen LogP contribution in [0.4, 0.5) is 5.69 Å². The minimum atomic E-state index is -3.75. The average molecular weight is 378 g/mol. The first-order valence-electron chi connectivity index (χ1n) is 6.98. The summed E-state index contributed by atoms with van der Waals surface area (Å²) in [6.07, 6.45) is 2.00. The molecule has 0 bridgehead atoms. The third-order valence-corrected chi connectivity index (χ3v) is 4.47. The number of rotatable bonds is 5. The van der Waals surface area contributed by atoms with E-state index in [1.807, 2.05) is 0 Å². The second-order valence-corrected chi connectivity index (χ2v) is 7.06. The predicted octanol–water partition coefficient (Wildman–Crippen LogP) is 2.78. The number of carbonyl (C=O) groups excluding carboxylic acids is 1. The summed E-state index contributed by atoms with van der Waals surface area (Å²) >= 11 is 5.90. The van der Waals surface area contributed by atoms with Crippen LogP contribution in [0.5, 0.6) is 0 Å². The van der Waals surface area contributed by atoms with Gasteiger partial charge in [-0.1, -0.05) is 11.6 Å². The second-order valence-electron chi connectivity index (χ2n) is 5.06. The molecule has 0 atom stereocenters. The summed E-state index contributed by atoms with van der Waals surface area (Å²) in [7, 11) is -3.75. The SMILES string of the molecule is NS(=O)(=O)c1ccc(N/C=C(/C=O)c2nc3cc(Cl)ccc3o2)cc1. The minimum absolute atomic E-state index is 0.00605. The number of carbonyl (C=O) groups is 1. The van der Waals surface area contributed by atoms with Crippen LogP contribution >= 0.6 is 11.6 Å². The van der Waals surface area contributed by atoms with Crippen LogP contribution in [-0.4, -0.2) is 19.7 Å². The van der Waals surface area contributed by atoms with Gasteiger partial charge >= 0.3 is 0 Å². The molecule has 0 aliphatic heterocycles. The first kappa shape index (κ1) is 17.2. The fourth-order valence-electron chi connectivity index (χ4n) is 2.07. The van der Waals surface area contributed by atoms with Crippen LogP contribution in [0.15, 0.2) is 58.0 Å². The Balaban J connectivity index is 1.85. The third-order valence-electron chi connectivity index (χ3n) is 3.30. The molecular weight excluding hydrogens is 366 g/mol. The Kier molecular flexibility index (Phi) is 4.58. The summed E-state index contributed by atoms with van der Waals surface area (Å²) in [6, 6.07) is 10.7. The molecule has 0 unspecified atom stereocenters. The number of allylic oxidation sites excluding steroid dienone is 1. The van der Waals surface area contributed by atoms with Crippen molar-refractivity contribution < 1.29 is 17.6 Å². The van der Waals surface area contributed by atoms with E-state index in [4.69, 9.17) is 21.2 Å². The van der Waals surface area contributed by atoms with E-state index >= 15 is 0 Å². The number of fused-ring (bicyclic) bond motifs is 1. The van der Waals surface area contributed by atoms with Crippen LogP contribution in [0.3, 0.4) is 0 Å². The molecule has 25 heavy (non-hydrogen) atoms. The molecule has 0 saturated heterocycles. The van der Waals surface area contributed by atoms with Crippen molar-refractivity contribution in [3.63, 3.8) is 0 Å². The highest BCUT2D eigenvalue weighted by Gasteiger charge is 2.11. The molecule has 0 aliphatic carbocycles. The van der Waals surface area contributed by atoms with E-state index in [2.05, 4.69) is 10.3 Å². The van der Waals surface area contributed by atoms with Gasteiger partial charge in [0.05, 0.1) is 10.5 Å². The molecule has 0 fully saturated rings. The molecule has 9 heteroatoms. The number of oxazole rings is 1. The van der Waals surface area contributed by atoms with Crippen LogP contribution in [0.1, 0.15) is 5.89 Å². The standard InChI is InChI=1S/C16H12ClN3O4S/c17-11-1-6-15-14(7-11)20-16(24-15)10(9-21)8-19-12-2-4-13(5-3-12)25(18,22)23/h1-9,19H,(H2,18,22,23)/b10-8-. The third kappa shape index (κ3) is 3.87. The lowest BCUT2D eigenvalue weighted by molar-refractivity contribution is -0.103. The maximum absolute atomic E-state index is 11.3. The van der Waals surface area contributed by atoms with E-state index in [1.54, 1.807) is 18.2 Å². The monoisotopic (exact) mass is 377 g/mol. The number of benzene rings is 2. The summed E-state index contributed by atoms with van der Waals surface area (Å²) in [4.78, 5) is 15.5. The molecule has 1 aromatic heterocycles. The number of hydrogen-bond donors (Lipinski definition) is 2. The number of halogens is 1. The molecular formula is C16H12ClN3O4S. The summed E-state index contributed by atoms with van der Waals surface area (Å²) < 4.78 is 28.0. The Hall–Kier alpha value is -2.68. The Labute approximate surface area is 148 Å². The smallest absolute Gasteiger partial charge is 0.238 e. The lowest BCUT2D eigenvalue weighted by atomic mass is 10.3. The van der Waals surface area contributed by atoms with Gasteiger partial charge < -0.3 is 9.73 Å². The van der Waals surface area contributed by atoms with Gasteiger partial charge in [0.2, 0.25) is 15.9 Å². The lowest BCUT2D eigenvalue weighted by Crippen LogP contribution is -2.11. The largest absolute Gasteiger partial charge is 0.436 e. The van der Waals surface area contributed by atoms with Crippen molar-refractivity contribution in [3.05, 3.63) is 59.6 Å². The number of nitrogens with one attached hydrogen (secondary N) is 1. The molecule has 0 radical (unpaired) electrons. The van der Waals surface area contributed by atoms with Gasteiger partial charge in [0, 0.05) is 16.9 Å². The van der Waals surface area contributed by atoms with Crippen molar-refractivity contribution in [1.82, 2.24) is 4.98 Å². The zero-order chi connectivity index (χ0) is 18.0. The minimum Gasteiger partial charge on any atom is -0.436 e. The summed E-state index contributed by atoms with van der Waals surface area (Å²) in [6.45, 7) is 0. The first-order valence-corrected chi connectivity index (χ1v) is 8.90. The van der Waals surface area contributed by atoms with E-state index in [0.717, 1.165) is 0 Å². The summed E-state index contributed by atoms with van der Waals surface area (Å²) in [5.41, 5.74) is 1.78. The molecule has 7 nitrogen and oxygen atoms in total.